The maximum absolute atomic E-state index is 13.5. The monoisotopic (exact) mass is 753 g/mol. The third kappa shape index (κ3) is 6.91. The molecule has 19 heteroatoms. The Labute approximate surface area is 300 Å². The summed E-state index contributed by atoms with van der Waals surface area (Å²) in [5.74, 6) is -10.7. The number of aromatic hydroxyl groups is 9. The summed E-state index contributed by atoms with van der Waals surface area (Å²) < 4.78 is 28.9. The third-order valence-electron chi connectivity index (χ3n) is 8.20. The van der Waals surface area contributed by atoms with Gasteiger partial charge < -0.3 is 84.3 Å². The van der Waals surface area contributed by atoms with Crippen LogP contribution in [0.4, 0.5) is 0 Å². The molecular formula is C35H29O19+. The number of fused-ring (bicyclic) bond motifs is 1. The Morgan fingerprint density at radius 3 is 1.91 bits per heavy atom. The molecule has 2 heterocycles. The number of ether oxygens (including phenoxy) is 4. The molecule has 0 bridgehead atoms. The second-order valence-electron chi connectivity index (χ2n) is 11.8. The van der Waals surface area contributed by atoms with Gasteiger partial charge in [-0.2, -0.15) is 0 Å². The molecule has 3 aliphatic rings. The van der Waals surface area contributed by atoms with Crippen LogP contribution in [0.1, 0.15) is 15.9 Å². The normalized spacial score (nSPS) is 19.6. The lowest BCUT2D eigenvalue weighted by molar-refractivity contribution is -0.274. The van der Waals surface area contributed by atoms with Crippen molar-refractivity contribution in [2.24, 2.45) is 0 Å². The maximum Gasteiger partial charge on any atom is 0.518 e. The molecule has 1 saturated heterocycles. The summed E-state index contributed by atoms with van der Waals surface area (Å²) in [4.78, 5) is 36.6. The van der Waals surface area contributed by atoms with Gasteiger partial charge in [-0.1, -0.05) is 0 Å². The molecule has 1 fully saturated rings. The van der Waals surface area contributed by atoms with Gasteiger partial charge in [0.05, 0.1) is 17.7 Å². The SMILES string of the molecule is O=C(O[C@H]1[C@H](Oc2cc3c(O)cc(=O)cc-3oc2-c2ccc(O)c(O)c2)O[C@H](CO)[C@@H](O)[C@@H]1OC(=[OH+])c1cc(O)c(O)c(O)c1)c1cc(O)c(O)c(O)c1. The number of aliphatic hydroxyl groups is 2. The quantitative estimate of drug-likeness (QED) is 0.0605. The minimum absolute atomic E-state index is 0.00172. The zero-order valence-corrected chi connectivity index (χ0v) is 27.1. The fraction of sp³-hybridized carbons (Fsp3) is 0.171. The lowest BCUT2D eigenvalue weighted by Crippen LogP contribution is -2.62. The largest absolute Gasteiger partial charge is 0.518 e. The Morgan fingerprint density at radius 2 is 1.31 bits per heavy atom. The first-order valence-corrected chi connectivity index (χ1v) is 15.4. The summed E-state index contributed by atoms with van der Waals surface area (Å²) in [5.41, 5.74) is -1.83. The smallest absolute Gasteiger partial charge is 0.507 e. The van der Waals surface area contributed by atoms with Gasteiger partial charge in [-0.15, -0.1) is 0 Å². The van der Waals surface area contributed by atoms with E-state index < -0.39 is 118 Å². The van der Waals surface area contributed by atoms with E-state index in [-0.39, 0.29) is 28.4 Å². The zero-order chi connectivity index (χ0) is 39.2. The van der Waals surface area contributed by atoms with Gasteiger partial charge in [0.1, 0.15) is 29.3 Å². The van der Waals surface area contributed by atoms with Crippen molar-refractivity contribution in [3.8, 4) is 80.1 Å². The Kier molecular flexibility index (Phi) is 9.61. The number of carbonyl (C=O) groups is 1. The summed E-state index contributed by atoms with van der Waals surface area (Å²) in [6, 6.07) is 9.33. The Balaban J connectivity index is 1.48. The molecule has 3 aromatic carbocycles. The lowest BCUT2D eigenvalue weighted by Gasteiger charge is -2.40. The molecule has 6 rings (SSSR count). The van der Waals surface area contributed by atoms with E-state index in [9.17, 15) is 70.6 Å². The molecule has 3 aromatic rings. The van der Waals surface area contributed by atoms with Crippen molar-refractivity contribution < 1.29 is 89.1 Å². The topological polar surface area (TPSA) is 328 Å². The van der Waals surface area contributed by atoms with Crippen LogP contribution in [0.5, 0.6) is 57.5 Å². The highest BCUT2D eigenvalue weighted by molar-refractivity contribution is 5.92. The number of phenolic OH excluding ortho intramolecular Hbond substituents is 9. The number of rotatable bonds is 8. The van der Waals surface area contributed by atoms with Crippen LogP contribution in [0, 0.1) is 0 Å². The number of phenols is 9. The molecule has 0 unspecified atom stereocenters. The van der Waals surface area contributed by atoms with E-state index in [0.717, 1.165) is 42.5 Å². The highest BCUT2D eigenvalue weighted by atomic mass is 16.7. The molecule has 5 atom stereocenters. The highest BCUT2D eigenvalue weighted by Gasteiger charge is 2.55. The molecule has 12 N–H and O–H groups in total. The molecule has 2 aliphatic heterocycles. The van der Waals surface area contributed by atoms with Crippen LogP contribution >= 0.6 is 0 Å². The summed E-state index contributed by atoms with van der Waals surface area (Å²) >= 11 is 0. The van der Waals surface area contributed by atoms with E-state index in [1.54, 1.807) is 0 Å². The third-order valence-corrected chi connectivity index (χ3v) is 8.20. The van der Waals surface area contributed by atoms with Crippen LogP contribution < -0.4 is 10.2 Å². The Hall–Kier alpha value is -7.09. The number of carbonyl (C=O) groups excluding carboxylic acids is 2. The van der Waals surface area contributed by atoms with E-state index in [2.05, 4.69) is 0 Å². The van der Waals surface area contributed by atoms with Gasteiger partial charge >= 0.3 is 11.9 Å². The number of esters is 2. The van der Waals surface area contributed by atoms with Gasteiger partial charge in [-0.05, 0) is 36.4 Å². The molecule has 0 saturated carbocycles. The molecule has 0 spiro atoms. The standard InChI is InChI=1S/C35H28O19/c36-11-26-29(47)31(53-33(48)13-4-20(41)27(45)21(42)5-13)32(54-34(49)14-6-22(43)28(46)23(44)7-14)35(52-26)51-25-10-16-18(39)8-15(37)9-24(16)50-30(25)12-1-2-17(38)19(40)3-12/h1-10,26,29,31-32,35-36,38-47H,11H2/p+1/t26-,29-,31+,32-,35-/m1/s1. The first-order valence-electron chi connectivity index (χ1n) is 15.4. The molecule has 19 nitrogen and oxygen atoms in total. The maximum atomic E-state index is 13.5. The molecule has 1 aliphatic carbocycles. The van der Waals surface area contributed by atoms with Crippen molar-refractivity contribution in [2.75, 3.05) is 6.61 Å². The molecule has 0 aromatic heterocycles. The number of hydrogen-bond donors (Lipinski definition) is 11. The van der Waals surface area contributed by atoms with Crippen molar-refractivity contribution in [3.05, 3.63) is 82.0 Å². The highest BCUT2D eigenvalue weighted by Crippen LogP contribution is 2.44. The van der Waals surface area contributed by atoms with E-state index in [0.29, 0.717) is 12.1 Å². The number of benzene rings is 4. The van der Waals surface area contributed by atoms with Gasteiger partial charge in [0.25, 0.3) is 6.10 Å². The van der Waals surface area contributed by atoms with Gasteiger partial charge in [0.15, 0.2) is 62.9 Å². The Bertz CT molecular complexity index is 2250. The fourth-order valence-corrected chi connectivity index (χ4v) is 5.49. The van der Waals surface area contributed by atoms with E-state index in [1.807, 2.05) is 0 Å². The minimum atomic E-state index is -2.05. The average Bonchev–Trinajstić information content (AvgIpc) is 3.12. The average molecular weight is 754 g/mol. The van der Waals surface area contributed by atoms with Crippen LogP contribution in [0.2, 0.25) is 0 Å². The van der Waals surface area contributed by atoms with Crippen molar-refractivity contribution in [3.63, 3.8) is 0 Å². The van der Waals surface area contributed by atoms with Gasteiger partial charge in [-0.25, -0.2) is 4.79 Å². The lowest BCUT2D eigenvalue weighted by atomic mass is 9.98. The molecule has 0 radical (unpaired) electrons. The first-order chi connectivity index (χ1) is 25.6. The molecule has 282 valence electrons. The van der Waals surface area contributed by atoms with Crippen LogP contribution in [0.15, 0.2) is 69.9 Å². The first kappa shape index (κ1) is 36.7. The predicted octanol–water partition coefficient (Wildman–Crippen LogP) is 1.38. The van der Waals surface area contributed by atoms with Gasteiger partial charge in [-0.3, -0.25) is 4.79 Å². The van der Waals surface area contributed by atoms with E-state index >= 15 is 0 Å². The van der Waals surface area contributed by atoms with Crippen molar-refractivity contribution in [1.29, 1.82) is 0 Å². The number of aliphatic hydroxyl groups excluding tert-OH is 2. The number of hydrogen-bond acceptors (Lipinski definition) is 18. The fourth-order valence-electron chi connectivity index (χ4n) is 5.49. The molecular weight excluding hydrogens is 724 g/mol. The summed E-state index contributed by atoms with van der Waals surface area (Å²) in [6.07, 6.45) is -9.71. The van der Waals surface area contributed by atoms with Crippen molar-refractivity contribution >= 4 is 11.9 Å². The zero-order valence-electron chi connectivity index (χ0n) is 27.1. The van der Waals surface area contributed by atoms with Gasteiger partial charge in [0.2, 0.25) is 12.4 Å². The molecule has 54 heavy (non-hydrogen) atoms. The predicted molar refractivity (Wildman–Crippen MR) is 177 cm³/mol. The van der Waals surface area contributed by atoms with Crippen LogP contribution in [-0.4, -0.2) is 110 Å². The second-order valence-corrected chi connectivity index (χ2v) is 11.8. The van der Waals surface area contributed by atoms with E-state index in [1.165, 1.54) is 6.07 Å². The second kappa shape index (κ2) is 14.1. The van der Waals surface area contributed by atoms with Crippen LogP contribution in [0.3, 0.4) is 0 Å². The minimum Gasteiger partial charge on any atom is -0.507 e. The Morgan fingerprint density at radius 1 is 0.704 bits per heavy atom. The molecule has 0 amide bonds. The van der Waals surface area contributed by atoms with Crippen LogP contribution in [0.25, 0.3) is 22.6 Å². The summed E-state index contributed by atoms with van der Waals surface area (Å²) in [7, 11) is 0. The summed E-state index contributed by atoms with van der Waals surface area (Å²) in [5, 5.41) is 112. The van der Waals surface area contributed by atoms with Crippen molar-refractivity contribution in [2.45, 2.75) is 30.7 Å². The summed E-state index contributed by atoms with van der Waals surface area (Å²) in [6.45, 7) is -0.962. The van der Waals surface area contributed by atoms with Crippen LogP contribution in [-0.2, 0) is 14.2 Å². The van der Waals surface area contributed by atoms with Gasteiger partial charge in [0, 0.05) is 29.8 Å². The van der Waals surface area contributed by atoms with Crippen molar-refractivity contribution in [1.82, 2.24) is 0 Å². The van der Waals surface area contributed by atoms with E-state index in [4.69, 9.17) is 23.4 Å².